The van der Waals surface area contributed by atoms with Crippen LogP contribution in [0.3, 0.4) is 0 Å². The molecule has 1 heterocycles. The molecule has 3 heteroatoms. The maximum Gasteiger partial charge on any atom is 0.172 e. The van der Waals surface area contributed by atoms with Crippen LogP contribution in [-0.4, -0.2) is 19.4 Å². The van der Waals surface area contributed by atoms with Crippen molar-refractivity contribution in [1.29, 1.82) is 0 Å². The Kier molecular flexibility index (Phi) is 4.12. The van der Waals surface area contributed by atoms with Crippen molar-refractivity contribution in [2.45, 2.75) is 19.8 Å². The third-order valence-corrected chi connectivity index (χ3v) is 2.89. The molecule has 0 atom stereocenters. The third kappa shape index (κ3) is 3.28. The monoisotopic (exact) mass is 197 g/mol. The predicted octanol–water partition coefficient (Wildman–Crippen LogP) is 2.24. The number of ketones is 1. The van der Waals surface area contributed by atoms with Gasteiger partial charge in [0.1, 0.15) is 0 Å². The summed E-state index contributed by atoms with van der Waals surface area (Å²) in [7, 11) is 1.90. The van der Waals surface area contributed by atoms with E-state index < -0.39 is 0 Å². The lowest BCUT2D eigenvalue weighted by Gasteiger charge is -1.97. The summed E-state index contributed by atoms with van der Waals surface area (Å²) in [6.07, 6.45) is 1.58. The molecule has 0 aliphatic heterocycles. The number of rotatable bonds is 5. The second-order valence-corrected chi connectivity index (χ2v) is 4.33. The highest BCUT2D eigenvalue weighted by atomic mass is 32.1. The van der Waals surface area contributed by atoms with Crippen LogP contribution in [0.25, 0.3) is 0 Å². The minimum Gasteiger partial charge on any atom is -0.320 e. The second-order valence-electron chi connectivity index (χ2n) is 3.04. The number of hydrogen-bond acceptors (Lipinski definition) is 3. The van der Waals surface area contributed by atoms with Crippen LogP contribution in [0.5, 0.6) is 0 Å². The van der Waals surface area contributed by atoms with Crippen molar-refractivity contribution in [1.82, 2.24) is 5.32 Å². The summed E-state index contributed by atoms with van der Waals surface area (Å²) in [5.74, 6) is 0.272. The smallest absolute Gasteiger partial charge is 0.172 e. The second kappa shape index (κ2) is 5.14. The van der Waals surface area contributed by atoms with E-state index in [1.807, 2.05) is 26.1 Å². The van der Waals surface area contributed by atoms with E-state index in [0.717, 1.165) is 17.8 Å². The summed E-state index contributed by atoms with van der Waals surface area (Å²) in [6.45, 7) is 2.94. The molecule has 13 heavy (non-hydrogen) atoms. The van der Waals surface area contributed by atoms with Gasteiger partial charge in [0.05, 0.1) is 4.88 Å². The molecule has 0 amide bonds. The first kappa shape index (κ1) is 10.4. The number of hydrogen-bond donors (Lipinski definition) is 1. The number of Topliss-reactive ketones (excluding diaryl/α,β-unsaturated/α-hetero) is 1. The van der Waals surface area contributed by atoms with E-state index in [1.54, 1.807) is 11.3 Å². The van der Waals surface area contributed by atoms with Gasteiger partial charge in [0.15, 0.2) is 5.78 Å². The fourth-order valence-electron chi connectivity index (χ4n) is 1.13. The van der Waals surface area contributed by atoms with E-state index in [2.05, 4.69) is 5.32 Å². The molecule has 0 spiro atoms. The molecule has 1 N–H and O–H groups in total. The third-order valence-electron chi connectivity index (χ3n) is 1.85. The highest BCUT2D eigenvalue weighted by molar-refractivity contribution is 7.14. The molecule has 0 saturated heterocycles. The molecule has 0 unspecified atom stereocenters. The molecule has 0 aliphatic rings. The van der Waals surface area contributed by atoms with Gasteiger partial charge < -0.3 is 5.32 Å². The lowest BCUT2D eigenvalue weighted by atomic mass is 10.2. The number of nitrogens with one attached hydrogen (secondary N) is 1. The van der Waals surface area contributed by atoms with Crippen LogP contribution in [0.4, 0.5) is 0 Å². The van der Waals surface area contributed by atoms with Crippen LogP contribution in [0.15, 0.2) is 12.1 Å². The van der Waals surface area contributed by atoms with Gasteiger partial charge in [-0.3, -0.25) is 4.79 Å². The van der Waals surface area contributed by atoms with Crippen molar-refractivity contribution >= 4 is 17.1 Å². The highest BCUT2D eigenvalue weighted by Gasteiger charge is 2.06. The van der Waals surface area contributed by atoms with E-state index in [9.17, 15) is 4.79 Å². The highest BCUT2D eigenvalue weighted by Crippen LogP contribution is 2.17. The minimum atomic E-state index is 0.272. The van der Waals surface area contributed by atoms with Crippen molar-refractivity contribution in [2.75, 3.05) is 13.6 Å². The van der Waals surface area contributed by atoms with Crippen LogP contribution in [0, 0.1) is 6.92 Å². The van der Waals surface area contributed by atoms with Crippen LogP contribution >= 0.6 is 11.3 Å². The van der Waals surface area contributed by atoms with Crippen molar-refractivity contribution in [3.8, 4) is 0 Å². The molecule has 1 aromatic rings. The number of aryl methyl sites for hydroxylation is 1. The molecule has 72 valence electrons. The quantitative estimate of drug-likeness (QED) is 0.579. The lowest BCUT2D eigenvalue weighted by Crippen LogP contribution is -2.09. The maximum absolute atomic E-state index is 11.5. The standard InChI is InChI=1S/C10H15NOS/c1-8-5-6-10(13-8)9(12)4-3-7-11-2/h5-6,11H,3-4,7H2,1-2H3. The molecule has 0 bridgehead atoms. The van der Waals surface area contributed by atoms with Gasteiger partial charge in [-0.25, -0.2) is 0 Å². The fourth-order valence-corrected chi connectivity index (χ4v) is 1.97. The van der Waals surface area contributed by atoms with Gasteiger partial charge in [-0.2, -0.15) is 0 Å². The molecule has 1 rings (SSSR count). The Bertz CT molecular complexity index is 280. The zero-order valence-corrected chi connectivity index (χ0v) is 8.91. The van der Waals surface area contributed by atoms with Gasteiger partial charge in [-0.05, 0) is 39.1 Å². The summed E-state index contributed by atoms with van der Waals surface area (Å²) in [5.41, 5.74) is 0. The molecule has 0 aliphatic carbocycles. The first-order chi connectivity index (χ1) is 6.24. The van der Waals surface area contributed by atoms with Gasteiger partial charge in [0.25, 0.3) is 0 Å². The molecule has 0 saturated carbocycles. The van der Waals surface area contributed by atoms with Gasteiger partial charge in [-0.15, -0.1) is 11.3 Å². The van der Waals surface area contributed by atoms with Crippen molar-refractivity contribution in [3.05, 3.63) is 21.9 Å². The SMILES string of the molecule is CNCCCC(=O)c1ccc(C)s1. The van der Waals surface area contributed by atoms with Gasteiger partial charge in [0.2, 0.25) is 0 Å². The van der Waals surface area contributed by atoms with Gasteiger partial charge in [-0.1, -0.05) is 0 Å². The van der Waals surface area contributed by atoms with E-state index >= 15 is 0 Å². The Morgan fingerprint density at radius 2 is 2.31 bits per heavy atom. The molecule has 0 radical (unpaired) electrons. The largest absolute Gasteiger partial charge is 0.320 e. The molecule has 0 fully saturated rings. The van der Waals surface area contributed by atoms with Crippen LogP contribution in [0.1, 0.15) is 27.4 Å². The van der Waals surface area contributed by atoms with Crippen molar-refractivity contribution in [2.24, 2.45) is 0 Å². The topological polar surface area (TPSA) is 29.1 Å². The molecule has 2 nitrogen and oxygen atoms in total. The lowest BCUT2D eigenvalue weighted by molar-refractivity contribution is 0.0984. The molecule has 1 aromatic heterocycles. The molecule has 0 aromatic carbocycles. The minimum absolute atomic E-state index is 0.272. The van der Waals surface area contributed by atoms with Crippen LogP contribution in [-0.2, 0) is 0 Å². The zero-order chi connectivity index (χ0) is 9.68. The van der Waals surface area contributed by atoms with Crippen molar-refractivity contribution < 1.29 is 4.79 Å². The summed E-state index contributed by atoms with van der Waals surface area (Å²) >= 11 is 1.58. The zero-order valence-electron chi connectivity index (χ0n) is 8.09. The van der Waals surface area contributed by atoms with Crippen molar-refractivity contribution in [3.63, 3.8) is 0 Å². The average molecular weight is 197 g/mol. The van der Waals surface area contributed by atoms with E-state index in [-0.39, 0.29) is 5.78 Å². The Hall–Kier alpha value is -0.670. The first-order valence-electron chi connectivity index (χ1n) is 4.48. The number of thiophene rings is 1. The molecular weight excluding hydrogens is 182 g/mol. The summed E-state index contributed by atoms with van der Waals surface area (Å²) in [6, 6.07) is 3.91. The van der Waals surface area contributed by atoms with Crippen LogP contribution in [0.2, 0.25) is 0 Å². The number of carbonyl (C=O) groups excluding carboxylic acids is 1. The summed E-state index contributed by atoms with van der Waals surface area (Å²) in [4.78, 5) is 13.6. The average Bonchev–Trinajstić information content (AvgIpc) is 2.52. The Morgan fingerprint density at radius 3 is 2.85 bits per heavy atom. The summed E-state index contributed by atoms with van der Waals surface area (Å²) < 4.78 is 0. The van der Waals surface area contributed by atoms with Gasteiger partial charge >= 0.3 is 0 Å². The van der Waals surface area contributed by atoms with Crippen LogP contribution < -0.4 is 5.32 Å². The van der Waals surface area contributed by atoms with E-state index in [4.69, 9.17) is 0 Å². The number of carbonyl (C=O) groups is 1. The normalized spacial score (nSPS) is 10.3. The van der Waals surface area contributed by atoms with E-state index in [0.29, 0.717) is 6.42 Å². The molecular formula is C10H15NOS. The predicted molar refractivity (Wildman–Crippen MR) is 56.5 cm³/mol. The fraction of sp³-hybridized carbons (Fsp3) is 0.500. The summed E-state index contributed by atoms with van der Waals surface area (Å²) in [5, 5.41) is 3.03. The van der Waals surface area contributed by atoms with E-state index in [1.165, 1.54) is 4.88 Å². The van der Waals surface area contributed by atoms with Gasteiger partial charge in [0, 0.05) is 11.3 Å². The first-order valence-corrected chi connectivity index (χ1v) is 5.30. The maximum atomic E-state index is 11.5. The Morgan fingerprint density at radius 1 is 1.54 bits per heavy atom. The Balaban J connectivity index is 2.40. The Labute approximate surface area is 83.0 Å².